The molecule has 0 aliphatic carbocycles. The summed E-state index contributed by atoms with van der Waals surface area (Å²) in [5.74, 6) is 1.62. The maximum absolute atomic E-state index is 5.62. The second-order valence-corrected chi connectivity index (χ2v) is 5.12. The van der Waals surface area contributed by atoms with Crippen molar-refractivity contribution in [2.75, 3.05) is 6.61 Å². The number of hydrogen-bond donors (Lipinski definition) is 0. The highest BCUT2D eigenvalue weighted by Crippen LogP contribution is 2.32. The fourth-order valence-electron chi connectivity index (χ4n) is 2.74. The van der Waals surface area contributed by atoms with Gasteiger partial charge in [0.05, 0.1) is 6.61 Å². The number of benzene rings is 1. The zero-order chi connectivity index (χ0) is 14.3. The molecule has 106 valence electrons. The van der Waals surface area contributed by atoms with E-state index < -0.39 is 0 Å². The van der Waals surface area contributed by atoms with Gasteiger partial charge in [0.25, 0.3) is 0 Å². The van der Waals surface area contributed by atoms with Gasteiger partial charge in [-0.3, -0.25) is 0 Å². The molecule has 19 heavy (non-hydrogen) atoms. The minimum Gasteiger partial charge on any atom is -0.494 e. The molecule has 1 atom stereocenters. The summed E-state index contributed by atoms with van der Waals surface area (Å²) in [6.45, 7) is 11.6. The van der Waals surface area contributed by atoms with Crippen molar-refractivity contribution in [1.29, 1.82) is 0 Å². The Morgan fingerprint density at radius 1 is 1.05 bits per heavy atom. The van der Waals surface area contributed by atoms with Crippen molar-refractivity contribution in [3.8, 4) is 5.75 Å². The van der Waals surface area contributed by atoms with Gasteiger partial charge in [-0.1, -0.05) is 26.0 Å². The molecule has 0 spiro atoms. The van der Waals surface area contributed by atoms with Crippen molar-refractivity contribution in [2.45, 2.75) is 59.8 Å². The topological polar surface area (TPSA) is 9.23 Å². The first-order valence-corrected chi connectivity index (χ1v) is 7.52. The number of rotatable bonds is 7. The van der Waals surface area contributed by atoms with Crippen molar-refractivity contribution in [1.82, 2.24) is 0 Å². The van der Waals surface area contributed by atoms with Crippen molar-refractivity contribution in [3.05, 3.63) is 41.0 Å². The van der Waals surface area contributed by atoms with Crippen LogP contribution in [0.15, 0.2) is 24.3 Å². The molecular formula is C18H28O. The lowest BCUT2D eigenvalue weighted by Gasteiger charge is -2.20. The molecule has 0 radical (unpaired) electrons. The van der Waals surface area contributed by atoms with E-state index in [0.717, 1.165) is 25.2 Å². The minimum absolute atomic E-state index is 0.624. The molecule has 1 aromatic rings. The summed E-state index contributed by atoms with van der Waals surface area (Å²) >= 11 is 0. The van der Waals surface area contributed by atoms with Gasteiger partial charge in [-0.05, 0) is 74.8 Å². The Morgan fingerprint density at radius 2 is 1.68 bits per heavy atom. The highest BCUT2D eigenvalue weighted by molar-refractivity contribution is 5.43. The molecule has 0 amide bonds. The molecular weight excluding hydrogens is 232 g/mol. The van der Waals surface area contributed by atoms with Crippen LogP contribution in [0.2, 0.25) is 0 Å². The summed E-state index contributed by atoms with van der Waals surface area (Å²) in [4.78, 5) is 0. The molecule has 0 aromatic heterocycles. The van der Waals surface area contributed by atoms with Crippen LogP contribution in [0.25, 0.3) is 0 Å². The Bertz CT molecular complexity index is 395. The quantitative estimate of drug-likeness (QED) is 0.584. The summed E-state index contributed by atoms with van der Waals surface area (Å²) < 4.78 is 5.62. The lowest BCUT2D eigenvalue weighted by Crippen LogP contribution is -2.03. The number of aryl methyl sites for hydroxylation is 2. The SMILES string of the molecule is CC/C=C\CC(CC)c1c(C)cc(OCC)cc1C. The fraction of sp³-hybridized carbons (Fsp3) is 0.556. The van der Waals surface area contributed by atoms with Crippen molar-refractivity contribution in [3.63, 3.8) is 0 Å². The van der Waals surface area contributed by atoms with Crippen LogP contribution < -0.4 is 4.74 Å². The molecule has 0 saturated heterocycles. The first kappa shape index (κ1) is 15.8. The van der Waals surface area contributed by atoms with Crippen molar-refractivity contribution < 1.29 is 4.74 Å². The predicted molar refractivity (Wildman–Crippen MR) is 84.2 cm³/mol. The van der Waals surface area contributed by atoms with E-state index >= 15 is 0 Å². The van der Waals surface area contributed by atoms with Gasteiger partial charge in [-0.2, -0.15) is 0 Å². The highest BCUT2D eigenvalue weighted by Gasteiger charge is 2.14. The van der Waals surface area contributed by atoms with Crippen LogP contribution in [0.3, 0.4) is 0 Å². The minimum atomic E-state index is 0.624. The zero-order valence-electron chi connectivity index (χ0n) is 13.1. The molecule has 1 heteroatoms. The molecule has 0 fully saturated rings. The Hall–Kier alpha value is -1.24. The van der Waals surface area contributed by atoms with E-state index in [1.54, 1.807) is 0 Å². The van der Waals surface area contributed by atoms with E-state index in [1.807, 2.05) is 6.92 Å². The van der Waals surface area contributed by atoms with Crippen molar-refractivity contribution >= 4 is 0 Å². The average molecular weight is 260 g/mol. The lowest BCUT2D eigenvalue weighted by molar-refractivity contribution is 0.339. The first-order valence-electron chi connectivity index (χ1n) is 7.52. The third-order valence-electron chi connectivity index (χ3n) is 3.60. The number of hydrogen-bond acceptors (Lipinski definition) is 1. The summed E-state index contributed by atoms with van der Waals surface area (Å²) in [6, 6.07) is 4.36. The Balaban J connectivity index is 3.00. The zero-order valence-corrected chi connectivity index (χ0v) is 13.1. The summed E-state index contributed by atoms with van der Waals surface area (Å²) in [5, 5.41) is 0. The maximum Gasteiger partial charge on any atom is 0.119 e. The molecule has 1 aromatic carbocycles. The number of allylic oxidation sites excluding steroid dienone is 2. The van der Waals surface area contributed by atoms with E-state index in [1.165, 1.54) is 23.1 Å². The van der Waals surface area contributed by atoms with Gasteiger partial charge in [0.2, 0.25) is 0 Å². The van der Waals surface area contributed by atoms with Gasteiger partial charge >= 0.3 is 0 Å². The molecule has 0 saturated carbocycles. The first-order chi connectivity index (χ1) is 9.13. The van der Waals surface area contributed by atoms with Gasteiger partial charge < -0.3 is 4.74 Å². The van der Waals surface area contributed by atoms with Gasteiger partial charge in [0.1, 0.15) is 5.75 Å². The van der Waals surface area contributed by atoms with E-state index in [-0.39, 0.29) is 0 Å². The maximum atomic E-state index is 5.62. The molecule has 1 unspecified atom stereocenters. The van der Waals surface area contributed by atoms with Crippen LogP contribution in [0.1, 0.15) is 62.6 Å². The average Bonchev–Trinajstić information content (AvgIpc) is 2.36. The molecule has 0 N–H and O–H groups in total. The third-order valence-corrected chi connectivity index (χ3v) is 3.60. The Morgan fingerprint density at radius 3 is 2.16 bits per heavy atom. The highest BCUT2D eigenvalue weighted by atomic mass is 16.5. The van der Waals surface area contributed by atoms with Crippen LogP contribution in [0, 0.1) is 13.8 Å². The van der Waals surface area contributed by atoms with Crippen LogP contribution >= 0.6 is 0 Å². The predicted octanol–water partition coefficient (Wildman–Crippen LogP) is 5.55. The molecule has 0 aliphatic rings. The Kier molecular flexibility index (Phi) is 6.69. The second kappa shape index (κ2) is 8.04. The van der Waals surface area contributed by atoms with Crippen molar-refractivity contribution in [2.24, 2.45) is 0 Å². The van der Waals surface area contributed by atoms with E-state index in [0.29, 0.717) is 5.92 Å². The smallest absolute Gasteiger partial charge is 0.119 e. The normalized spacial score (nSPS) is 12.9. The molecule has 1 rings (SSSR count). The summed E-state index contributed by atoms with van der Waals surface area (Å²) in [6.07, 6.45) is 8.03. The lowest BCUT2D eigenvalue weighted by atomic mass is 9.86. The van der Waals surface area contributed by atoms with Crippen LogP contribution in [0.5, 0.6) is 5.75 Å². The van der Waals surface area contributed by atoms with E-state index in [4.69, 9.17) is 4.74 Å². The van der Waals surface area contributed by atoms with E-state index in [9.17, 15) is 0 Å². The second-order valence-electron chi connectivity index (χ2n) is 5.12. The summed E-state index contributed by atoms with van der Waals surface area (Å²) in [7, 11) is 0. The molecule has 0 aliphatic heterocycles. The van der Waals surface area contributed by atoms with Gasteiger partial charge in [-0.15, -0.1) is 0 Å². The van der Waals surface area contributed by atoms with Crippen LogP contribution in [0.4, 0.5) is 0 Å². The van der Waals surface area contributed by atoms with Crippen LogP contribution in [-0.4, -0.2) is 6.61 Å². The largest absolute Gasteiger partial charge is 0.494 e. The van der Waals surface area contributed by atoms with E-state index in [2.05, 4.69) is 52.0 Å². The van der Waals surface area contributed by atoms with Crippen LogP contribution in [-0.2, 0) is 0 Å². The molecule has 0 bridgehead atoms. The Labute approximate surface area is 118 Å². The monoisotopic (exact) mass is 260 g/mol. The van der Waals surface area contributed by atoms with Gasteiger partial charge in [0, 0.05) is 0 Å². The standard InChI is InChI=1S/C18H28O/c1-6-9-10-11-16(7-2)18-14(4)12-17(19-8-3)13-15(18)5/h9-10,12-13,16H,6-8,11H2,1-5H3/b10-9-. The third kappa shape index (κ3) is 4.41. The van der Waals surface area contributed by atoms with Gasteiger partial charge in [-0.25, -0.2) is 0 Å². The summed E-state index contributed by atoms with van der Waals surface area (Å²) in [5.41, 5.74) is 4.23. The molecule has 0 heterocycles. The fourth-order valence-corrected chi connectivity index (χ4v) is 2.74. The molecule has 1 nitrogen and oxygen atoms in total. The number of ether oxygens (including phenoxy) is 1. The van der Waals surface area contributed by atoms with Gasteiger partial charge in [0.15, 0.2) is 0 Å².